The maximum Gasteiger partial charge on any atom is 0.437 e. The highest BCUT2D eigenvalue weighted by Gasteiger charge is 2.06. The Hall–Kier alpha value is -2.90. The number of benzene rings is 1. The minimum Gasteiger partial charge on any atom is -0.298 e. The second-order valence-electron chi connectivity index (χ2n) is 4.67. The van der Waals surface area contributed by atoms with E-state index in [0.717, 1.165) is 0 Å². The Labute approximate surface area is 128 Å². The van der Waals surface area contributed by atoms with E-state index in [1.165, 1.54) is 6.07 Å². The van der Waals surface area contributed by atoms with Crippen LogP contribution in [-0.4, -0.2) is 23.6 Å². The standard InChI is InChI=1S/C14H18N4O4/c1-9(2)17-21-13(19)15-11-6-5-7-12(8-11)16-14(20)22-18-10(3)4/h5-8H,1-4H3,(H,15,19)(H,16,20). The van der Waals surface area contributed by atoms with E-state index in [1.807, 2.05) is 0 Å². The van der Waals surface area contributed by atoms with Crippen molar-refractivity contribution in [3.8, 4) is 0 Å². The third kappa shape index (κ3) is 7.04. The molecule has 0 heterocycles. The number of hydrogen-bond acceptors (Lipinski definition) is 6. The van der Waals surface area contributed by atoms with Crippen molar-refractivity contribution in [2.45, 2.75) is 27.7 Å². The molecule has 0 saturated heterocycles. The van der Waals surface area contributed by atoms with Gasteiger partial charge in [0.05, 0.1) is 11.4 Å². The second kappa shape index (κ2) is 8.40. The zero-order chi connectivity index (χ0) is 16.5. The molecule has 0 aliphatic heterocycles. The van der Waals surface area contributed by atoms with Crippen molar-refractivity contribution in [2.75, 3.05) is 10.6 Å². The summed E-state index contributed by atoms with van der Waals surface area (Å²) in [5.41, 5.74) is 2.09. The molecule has 8 heteroatoms. The summed E-state index contributed by atoms with van der Waals surface area (Å²) >= 11 is 0. The SMILES string of the molecule is CC(C)=NOC(=O)Nc1cccc(NC(=O)ON=C(C)C)c1. The van der Waals surface area contributed by atoms with Gasteiger partial charge in [-0.2, -0.15) is 0 Å². The number of carbonyl (C=O) groups is 2. The Morgan fingerprint density at radius 2 is 1.27 bits per heavy atom. The molecule has 0 radical (unpaired) electrons. The molecule has 0 unspecified atom stereocenters. The van der Waals surface area contributed by atoms with Crippen LogP contribution < -0.4 is 10.6 Å². The lowest BCUT2D eigenvalue weighted by molar-refractivity contribution is 0.165. The molecule has 1 aromatic carbocycles. The molecule has 0 bridgehead atoms. The lowest BCUT2D eigenvalue weighted by Crippen LogP contribution is -2.13. The molecule has 0 aromatic heterocycles. The summed E-state index contributed by atoms with van der Waals surface area (Å²) in [5, 5.41) is 12.0. The number of oxime groups is 2. The van der Waals surface area contributed by atoms with Gasteiger partial charge in [0.25, 0.3) is 0 Å². The van der Waals surface area contributed by atoms with E-state index in [4.69, 9.17) is 0 Å². The molecule has 0 atom stereocenters. The molecule has 1 rings (SSSR count). The van der Waals surface area contributed by atoms with Crippen LogP contribution in [0.5, 0.6) is 0 Å². The molecular weight excluding hydrogens is 288 g/mol. The zero-order valence-electron chi connectivity index (χ0n) is 12.8. The van der Waals surface area contributed by atoms with Crippen LogP contribution in [0.15, 0.2) is 34.6 Å². The molecule has 0 aliphatic rings. The molecule has 0 aliphatic carbocycles. The molecule has 22 heavy (non-hydrogen) atoms. The Bertz CT molecular complexity index is 553. The van der Waals surface area contributed by atoms with Crippen molar-refractivity contribution >= 4 is 35.0 Å². The van der Waals surface area contributed by atoms with Crippen molar-refractivity contribution in [3.63, 3.8) is 0 Å². The first-order valence-electron chi connectivity index (χ1n) is 6.45. The first-order chi connectivity index (χ1) is 10.4. The van der Waals surface area contributed by atoms with E-state index in [0.29, 0.717) is 22.8 Å². The fourth-order valence-corrected chi connectivity index (χ4v) is 1.22. The van der Waals surface area contributed by atoms with Gasteiger partial charge < -0.3 is 0 Å². The molecule has 0 fully saturated rings. The fourth-order valence-electron chi connectivity index (χ4n) is 1.22. The number of carbonyl (C=O) groups excluding carboxylic acids is 2. The van der Waals surface area contributed by atoms with Gasteiger partial charge in [0.1, 0.15) is 0 Å². The van der Waals surface area contributed by atoms with Gasteiger partial charge in [0.15, 0.2) is 0 Å². The largest absolute Gasteiger partial charge is 0.437 e. The summed E-state index contributed by atoms with van der Waals surface area (Å²) in [7, 11) is 0. The highest BCUT2D eigenvalue weighted by molar-refractivity contribution is 5.89. The lowest BCUT2D eigenvalue weighted by atomic mass is 10.3. The van der Waals surface area contributed by atoms with Crippen LogP contribution in [0.25, 0.3) is 0 Å². The number of hydrogen-bond donors (Lipinski definition) is 2. The first kappa shape index (κ1) is 17.2. The third-order valence-corrected chi connectivity index (χ3v) is 1.98. The Morgan fingerprint density at radius 3 is 1.64 bits per heavy atom. The van der Waals surface area contributed by atoms with Crippen molar-refractivity contribution < 1.29 is 19.3 Å². The quantitative estimate of drug-likeness (QED) is 0.504. The number of nitrogens with one attached hydrogen (secondary N) is 2. The zero-order valence-corrected chi connectivity index (χ0v) is 12.8. The van der Waals surface area contributed by atoms with Gasteiger partial charge >= 0.3 is 12.2 Å². The van der Waals surface area contributed by atoms with Gasteiger partial charge in [0.2, 0.25) is 0 Å². The van der Waals surface area contributed by atoms with Crippen molar-refractivity contribution in [1.29, 1.82) is 0 Å². The normalized spacial score (nSPS) is 9.27. The van der Waals surface area contributed by atoms with Crippen molar-refractivity contribution in [2.24, 2.45) is 10.3 Å². The minimum absolute atomic E-state index is 0.432. The van der Waals surface area contributed by atoms with Crippen LogP contribution in [0.2, 0.25) is 0 Å². The number of rotatable bonds is 4. The van der Waals surface area contributed by atoms with E-state index in [-0.39, 0.29) is 0 Å². The molecular formula is C14H18N4O4. The summed E-state index contributed by atoms with van der Waals surface area (Å²) in [6.07, 6.45) is -1.46. The van der Waals surface area contributed by atoms with Gasteiger partial charge in [-0.25, -0.2) is 9.59 Å². The Morgan fingerprint density at radius 1 is 0.864 bits per heavy atom. The van der Waals surface area contributed by atoms with Gasteiger partial charge in [-0.15, -0.1) is 0 Å². The van der Waals surface area contributed by atoms with Crippen molar-refractivity contribution in [1.82, 2.24) is 0 Å². The molecule has 0 spiro atoms. The highest BCUT2D eigenvalue weighted by Crippen LogP contribution is 2.15. The smallest absolute Gasteiger partial charge is 0.298 e. The van der Waals surface area contributed by atoms with Crippen molar-refractivity contribution in [3.05, 3.63) is 24.3 Å². The average Bonchev–Trinajstić information content (AvgIpc) is 2.43. The molecule has 8 nitrogen and oxygen atoms in total. The van der Waals surface area contributed by atoms with E-state index in [2.05, 4.69) is 30.6 Å². The second-order valence-corrected chi connectivity index (χ2v) is 4.67. The van der Waals surface area contributed by atoms with Crippen LogP contribution in [0.3, 0.4) is 0 Å². The van der Waals surface area contributed by atoms with E-state index in [9.17, 15) is 9.59 Å². The molecule has 1 aromatic rings. The minimum atomic E-state index is -0.730. The van der Waals surface area contributed by atoms with Gasteiger partial charge in [-0.3, -0.25) is 20.3 Å². The summed E-state index contributed by atoms with van der Waals surface area (Å²) in [4.78, 5) is 32.1. The lowest BCUT2D eigenvalue weighted by Gasteiger charge is -2.06. The summed E-state index contributed by atoms with van der Waals surface area (Å²) < 4.78 is 0. The summed E-state index contributed by atoms with van der Waals surface area (Å²) in [6.45, 7) is 6.79. The van der Waals surface area contributed by atoms with E-state index >= 15 is 0 Å². The summed E-state index contributed by atoms with van der Waals surface area (Å²) in [5.74, 6) is 0. The van der Waals surface area contributed by atoms with Gasteiger partial charge in [0, 0.05) is 11.4 Å². The van der Waals surface area contributed by atoms with Crippen LogP contribution in [0, 0.1) is 0 Å². The molecule has 0 saturated carbocycles. The van der Waals surface area contributed by atoms with Crippen LogP contribution in [0.4, 0.5) is 21.0 Å². The number of nitrogens with zero attached hydrogens (tertiary/aromatic N) is 2. The van der Waals surface area contributed by atoms with Crippen LogP contribution in [-0.2, 0) is 9.68 Å². The predicted molar refractivity (Wildman–Crippen MR) is 84.2 cm³/mol. The summed E-state index contributed by atoms with van der Waals surface area (Å²) in [6, 6.07) is 6.45. The van der Waals surface area contributed by atoms with Crippen LogP contribution in [0.1, 0.15) is 27.7 Å². The van der Waals surface area contributed by atoms with Gasteiger partial charge in [-0.1, -0.05) is 16.4 Å². The number of amides is 2. The Kier molecular flexibility index (Phi) is 6.55. The monoisotopic (exact) mass is 306 g/mol. The van der Waals surface area contributed by atoms with E-state index < -0.39 is 12.2 Å². The first-order valence-corrected chi connectivity index (χ1v) is 6.45. The Balaban J connectivity index is 2.62. The molecule has 2 amide bonds. The molecule has 118 valence electrons. The number of anilines is 2. The third-order valence-electron chi connectivity index (χ3n) is 1.98. The van der Waals surface area contributed by atoms with Gasteiger partial charge in [-0.05, 0) is 45.9 Å². The van der Waals surface area contributed by atoms with E-state index in [1.54, 1.807) is 45.9 Å². The molecule has 2 N–H and O–H groups in total. The van der Waals surface area contributed by atoms with Crippen LogP contribution >= 0.6 is 0 Å². The maximum absolute atomic E-state index is 11.5. The fraction of sp³-hybridized carbons (Fsp3) is 0.286. The predicted octanol–water partition coefficient (Wildman–Crippen LogP) is 3.58. The highest BCUT2D eigenvalue weighted by atomic mass is 16.7. The maximum atomic E-state index is 11.5. The topological polar surface area (TPSA) is 101 Å². The average molecular weight is 306 g/mol.